The molecule has 0 saturated carbocycles. The maximum Gasteiger partial charge on any atom is 0.191 e. The number of halogens is 1. The lowest BCUT2D eigenvalue weighted by Crippen LogP contribution is -2.42. The molecule has 2 N–H and O–H groups in total. The number of aliphatic imine (C=N–C) groups is 1. The summed E-state index contributed by atoms with van der Waals surface area (Å²) in [6.07, 6.45) is 0.702. The zero-order chi connectivity index (χ0) is 18.9. The maximum absolute atomic E-state index is 13.3. The van der Waals surface area contributed by atoms with Gasteiger partial charge in [-0.05, 0) is 18.6 Å². The smallest absolute Gasteiger partial charge is 0.191 e. The fraction of sp³-hybridized carbons (Fsp3) is 0.444. The number of nitrogens with one attached hydrogen (secondary N) is 2. The second-order valence-electron chi connectivity index (χ2n) is 5.93. The summed E-state index contributed by atoms with van der Waals surface area (Å²) < 4.78 is 19.1. The van der Waals surface area contributed by atoms with E-state index in [-0.39, 0.29) is 11.9 Å². The normalized spacial score (nSPS) is 12.6. The molecule has 1 heterocycles. The summed E-state index contributed by atoms with van der Waals surface area (Å²) in [4.78, 5) is 10.7. The SMILES string of the molecule is CCC(CNC(=NC)NCc1csc(N(C)C)n1)Oc1cccc(F)c1. The van der Waals surface area contributed by atoms with Gasteiger partial charge < -0.3 is 20.3 Å². The lowest BCUT2D eigenvalue weighted by Gasteiger charge is -2.20. The summed E-state index contributed by atoms with van der Waals surface area (Å²) in [6.45, 7) is 3.18. The first-order chi connectivity index (χ1) is 12.5. The lowest BCUT2D eigenvalue weighted by molar-refractivity contribution is 0.198. The number of benzene rings is 1. The van der Waals surface area contributed by atoms with E-state index in [1.165, 1.54) is 12.1 Å². The predicted molar refractivity (Wildman–Crippen MR) is 106 cm³/mol. The van der Waals surface area contributed by atoms with Crippen LogP contribution in [0.25, 0.3) is 0 Å². The first-order valence-corrected chi connectivity index (χ1v) is 9.38. The number of rotatable bonds is 8. The molecule has 0 amide bonds. The van der Waals surface area contributed by atoms with Crippen molar-refractivity contribution in [2.75, 3.05) is 32.6 Å². The molecule has 2 rings (SSSR count). The fourth-order valence-corrected chi connectivity index (χ4v) is 2.95. The van der Waals surface area contributed by atoms with Crippen molar-refractivity contribution in [3.63, 3.8) is 0 Å². The quantitative estimate of drug-likeness (QED) is 0.546. The minimum Gasteiger partial charge on any atom is -0.489 e. The minimum atomic E-state index is -0.303. The average molecular weight is 380 g/mol. The first-order valence-electron chi connectivity index (χ1n) is 8.50. The highest BCUT2D eigenvalue weighted by molar-refractivity contribution is 7.13. The van der Waals surface area contributed by atoms with Crippen LogP contribution >= 0.6 is 11.3 Å². The molecular weight excluding hydrogens is 353 g/mol. The van der Waals surface area contributed by atoms with Crippen molar-refractivity contribution in [1.29, 1.82) is 0 Å². The van der Waals surface area contributed by atoms with E-state index in [1.807, 2.05) is 31.3 Å². The van der Waals surface area contributed by atoms with E-state index in [0.717, 1.165) is 17.2 Å². The predicted octanol–water partition coefficient (Wildman–Crippen LogP) is 2.87. The van der Waals surface area contributed by atoms with Crippen LogP contribution < -0.4 is 20.3 Å². The molecule has 0 spiro atoms. The first kappa shape index (κ1) is 20.0. The van der Waals surface area contributed by atoms with E-state index in [2.05, 4.69) is 20.6 Å². The number of ether oxygens (including phenoxy) is 1. The molecule has 8 heteroatoms. The average Bonchev–Trinajstić information content (AvgIpc) is 3.10. The molecule has 142 valence electrons. The molecule has 0 aliphatic heterocycles. The van der Waals surface area contributed by atoms with Gasteiger partial charge >= 0.3 is 0 Å². The molecule has 2 aromatic rings. The molecule has 0 radical (unpaired) electrons. The van der Waals surface area contributed by atoms with Gasteiger partial charge in [-0.3, -0.25) is 4.99 Å². The Labute approximate surface area is 158 Å². The molecule has 1 unspecified atom stereocenters. The van der Waals surface area contributed by atoms with Crippen molar-refractivity contribution < 1.29 is 9.13 Å². The second-order valence-corrected chi connectivity index (χ2v) is 6.76. The third-order valence-electron chi connectivity index (χ3n) is 3.63. The van der Waals surface area contributed by atoms with Crippen molar-refractivity contribution >= 4 is 22.4 Å². The van der Waals surface area contributed by atoms with Gasteiger partial charge in [0.1, 0.15) is 17.7 Å². The van der Waals surface area contributed by atoms with Gasteiger partial charge in [-0.15, -0.1) is 11.3 Å². The van der Waals surface area contributed by atoms with Gasteiger partial charge in [0, 0.05) is 32.6 Å². The van der Waals surface area contributed by atoms with Gasteiger partial charge in [-0.25, -0.2) is 9.37 Å². The number of hydrogen-bond acceptors (Lipinski definition) is 5. The van der Waals surface area contributed by atoms with Crippen molar-refractivity contribution in [3.05, 3.63) is 41.2 Å². The maximum atomic E-state index is 13.3. The Morgan fingerprint density at radius 1 is 1.38 bits per heavy atom. The topological polar surface area (TPSA) is 61.8 Å². The van der Waals surface area contributed by atoms with Crippen LogP contribution in [-0.2, 0) is 6.54 Å². The highest BCUT2D eigenvalue weighted by Crippen LogP contribution is 2.17. The Morgan fingerprint density at radius 2 is 2.19 bits per heavy atom. The number of aromatic nitrogens is 1. The van der Waals surface area contributed by atoms with Crippen LogP contribution in [0.15, 0.2) is 34.6 Å². The summed E-state index contributed by atoms with van der Waals surface area (Å²) in [5, 5.41) is 9.48. The van der Waals surface area contributed by atoms with Crippen LogP contribution in [0, 0.1) is 5.82 Å². The summed E-state index contributed by atoms with van der Waals surface area (Å²) in [7, 11) is 5.66. The highest BCUT2D eigenvalue weighted by atomic mass is 32.1. The fourth-order valence-electron chi connectivity index (χ4n) is 2.19. The molecular formula is C18H26FN5OS. The Bertz CT molecular complexity index is 719. The molecule has 6 nitrogen and oxygen atoms in total. The van der Waals surface area contributed by atoms with Crippen LogP contribution in [0.1, 0.15) is 19.0 Å². The number of guanidine groups is 1. The number of thiazole rings is 1. The number of nitrogens with zero attached hydrogens (tertiary/aromatic N) is 3. The van der Waals surface area contributed by atoms with Crippen LogP contribution in [0.4, 0.5) is 9.52 Å². The van der Waals surface area contributed by atoms with E-state index in [0.29, 0.717) is 24.8 Å². The van der Waals surface area contributed by atoms with E-state index >= 15 is 0 Å². The van der Waals surface area contributed by atoms with Crippen molar-refractivity contribution in [1.82, 2.24) is 15.6 Å². The zero-order valence-corrected chi connectivity index (χ0v) is 16.4. The molecule has 1 atom stereocenters. The van der Waals surface area contributed by atoms with Crippen LogP contribution in [0.3, 0.4) is 0 Å². The molecule has 26 heavy (non-hydrogen) atoms. The Morgan fingerprint density at radius 3 is 2.81 bits per heavy atom. The van der Waals surface area contributed by atoms with E-state index in [1.54, 1.807) is 30.5 Å². The van der Waals surface area contributed by atoms with Gasteiger partial charge in [0.15, 0.2) is 11.1 Å². The summed E-state index contributed by atoms with van der Waals surface area (Å²) in [6, 6.07) is 6.18. The molecule has 0 aliphatic rings. The monoisotopic (exact) mass is 379 g/mol. The van der Waals surface area contributed by atoms with E-state index in [4.69, 9.17) is 4.74 Å². The second kappa shape index (κ2) is 9.96. The molecule has 0 fully saturated rings. The third kappa shape index (κ3) is 6.18. The van der Waals surface area contributed by atoms with Crippen LogP contribution in [-0.4, -0.2) is 44.7 Å². The lowest BCUT2D eigenvalue weighted by atomic mass is 10.2. The van der Waals surface area contributed by atoms with Gasteiger partial charge in [0.05, 0.1) is 18.8 Å². The summed E-state index contributed by atoms with van der Waals surface area (Å²) in [5.74, 6) is 0.897. The van der Waals surface area contributed by atoms with Crippen LogP contribution in [0.2, 0.25) is 0 Å². The largest absolute Gasteiger partial charge is 0.489 e. The van der Waals surface area contributed by atoms with E-state index < -0.39 is 0 Å². The van der Waals surface area contributed by atoms with Crippen molar-refractivity contribution in [2.45, 2.75) is 26.0 Å². The standard InChI is InChI=1S/C18H26FN5OS/c1-5-15(25-16-8-6-7-13(19)9-16)11-22-17(20-2)21-10-14-12-26-18(23-14)24(3)4/h6-9,12,15H,5,10-11H2,1-4H3,(H2,20,21,22). The van der Waals surface area contributed by atoms with Gasteiger partial charge in [-0.1, -0.05) is 13.0 Å². The highest BCUT2D eigenvalue weighted by Gasteiger charge is 2.10. The Kier molecular flexibility index (Phi) is 7.65. The number of anilines is 1. The van der Waals surface area contributed by atoms with Crippen molar-refractivity contribution in [3.8, 4) is 5.75 Å². The number of hydrogen-bond donors (Lipinski definition) is 2. The van der Waals surface area contributed by atoms with Gasteiger partial charge in [0.25, 0.3) is 0 Å². The molecule has 1 aromatic carbocycles. The molecule has 1 aromatic heterocycles. The minimum absolute atomic E-state index is 0.0880. The molecule has 0 bridgehead atoms. The summed E-state index contributed by atoms with van der Waals surface area (Å²) in [5.41, 5.74) is 0.963. The van der Waals surface area contributed by atoms with E-state index in [9.17, 15) is 4.39 Å². The zero-order valence-electron chi connectivity index (χ0n) is 15.6. The van der Waals surface area contributed by atoms with Gasteiger partial charge in [-0.2, -0.15) is 0 Å². The van der Waals surface area contributed by atoms with Gasteiger partial charge in [0.2, 0.25) is 0 Å². The Balaban J connectivity index is 1.82. The van der Waals surface area contributed by atoms with Crippen molar-refractivity contribution in [2.24, 2.45) is 4.99 Å². The Hall–Kier alpha value is -2.35. The molecule has 0 aliphatic carbocycles. The molecule has 0 saturated heterocycles. The summed E-state index contributed by atoms with van der Waals surface area (Å²) >= 11 is 1.61. The third-order valence-corrected chi connectivity index (χ3v) is 4.69. The van der Waals surface area contributed by atoms with Crippen LogP contribution in [0.5, 0.6) is 5.75 Å².